The van der Waals surface area contributed by atoms with Crippen LogP contribution >= 0.6 is 0 Å². The topological polar surface area (TPSA) is 123 Å². The molecule has 0 N–H and O–H groups in total. The molecule has 0 aliphatic rings. The van der Waals surface area contributed by atoms with Gasteiger partial charge in [-0.25, -0.2) is 8.42 Å². The third kappa shape index (κ3) is 4.86. The van der Waals surface area contributed by atoms with Gasteiger partial charge in [-0.3, -0.25) is 0 Å². The number of hydrogen-bond acceptors (Lipinski definition) is 7. The van der Waals surface area contributed by atoms with Crippen LogP contribution in [0.2, 0.25) is 0 Å². The molecule has 0 fully saturated rings. The largest absolute Gasteiger partial charge is 0.489 e. The van der Waals surface area contributed by atoms with Crippen molar-refractivity contribution in [3.63, 3.8) is 0 Å². The van der Waals surface area contributed by atoms with Gasteiger partial charge in [0.25, 0.3) is 0 Å². The number of ether oxygens (including phenoxy) is 1. The van der Waals surface area contributed by atoms with Crippen LogP contribution in [0.15, 0.2) is 41.9 Å². The molecule has 2 rings (SSSR count). The monoisotopic (exact) mass is 359 g/mol. The lowest BCUT2D eigenvalue weighted by Crippen LogP contribution is -2.03. The highest BCUT2D eigenvalue weighted by atomic mass is 32.2. The normalized spacial score (nSPS) is 11.2. The second kappa shape index (κ2) is 7.55. The van der Waals surface area contributed by atoms with Gasteiger partial charge in [0.05, 0.1) is 24.5 Å². The van der Waals surface area contributed by atoms with E-state index in [1.54, 1.807) is 24.3 Å². The number of rotatable bonds is 6. The minimum atomic E-state index is -3.62. The van der Waals surface area contributed by atoms with Crippen LogP contribution in [0.4, 0.5) is 5.82 Å². The third-order valence-corrected chi connectivity index (χ3v) is 4.44. The number of pyridine rings is 1. The predicted octanol–water partition coefficient (Wildman–Crippen LogP) is 2.46. The summed E-state index contributed by atoms with van der Waals surface area (Å²) in [5.74, 6) is -0.952. The first-order valence-corrected chi connectivity index (χ1v) is 8.64. The van der Waals surface area contributed by atoms with Gasteiger partial charge in [-0.2, -0.15) is 5.26 Å². The number of nitriles is 1. The van der Waals surface area contributed by atoms with Gasteiger partial charge in [-0.1, -0.05) is 12.1 Å². The maximum Gasteiger partial charge on any atom is 0.406 e. The van der Waals surface area contributed by atoms with Gasteiger partial charge < -0.3 is 14.9 Å². The minimum absolute atomic E-state index is 0.103. The Morgan fingerprint density at radius 2 is 2.04 bits per heavy atom. The highest BCUT2D eigenvalue weighted by Gasteiger charge is 2.19. The van der Waals surface area contributed by atoms with Gasteiger partial charge in [0, 0.05) is 11.0 Å². The molecule has 0 amide bonds. The third-order valence-electron chi connectivity index (χ3n) is 3.16. The number of sulfone groups is 1. The summed E-state index contributed by atoms with van der Waals surface area (Å²) in [5, 5.41) is 20.6. The molecule has 0 saturated heterocycles. The van der Waals surface area contributed by atoms with Crippen molar-refractivity contribution >= 4 is 21.7 Å². The number of benzene rings is 1. The summed E-state index contributed by atoms with van der Waals surface area (Å²) < 4.78 is 29.2. The molecular formula is C16H13N3O5S. The first kappa shape index (κ1) is 18.1. The lowest BCUT2D eigenvalue weighted by atomic mass is 10.1. The van der Waals surface area contributed by atoms with Crippen LogP contribution in [-0.2, 0) is 15.6 Å². The SMILES string of the molecule is COc1cc(CS(=O)(=O)/C=C/c2ccc(C#N)cc2)cnc1[N+](=O)[O-]. The summed E-state index contributed by atoms with van der Waals surface area (Å²) in [5.41, 5.74) is 1.37. The van der Waals surface area contributed by atoms with E-state index in [-0.39, 0.29) is 17.1 Å². The van der Waals surface area contributed by atoms with Crippen molar-refractivity contribution in [2.45, 2.75) is 5.75 Å². The van der Waals surface area contributed by atoms with Crippen molar-refractivity contribution in [1.82, 2.24) is 4.98 Å². The molecule has 0 spiro atoms. The predicted molar refractivity (Wildman–Crippen MR) is 90.3 cm³/mol. The summed E-state index contributed by atoms with van der Waals surface area (Å²) >= 11 is 0. The second-order valence-electron chi connectivity index (χ2n) is 4.97. The molecule has 1 aromatic heterocycles. The molecule has 0 aliphatic heterocycles. The van der Waals surface area contributed by atoms with E-state index >= 15 is 0 Å². The Labute approximate surface area is 144 Å². The van der Waals surface area contributed by atoms with Crippen LogP contribution in [-0.4, -0.2) is 25.4 Å². The molecule has 0 bridgehead atoms. The molecule has 0 aliphatic carbocycles. The van der Waals surface area contributed by atoms with E-state index in [0.29, 0.717) is 11.1 Å². The van der Waals surface area contributed by atoms with E-state index in [1.807, 2.05) is 6.07 Å². The van der Waals surface area contributed by atoms with E-state index in [4.69, 9.17) is 10.00 Å². The molecule has 1 aromatic carbocycles. The highest BCUT2D eigenvalue weighted by Crippen LogP contribution is 2.25. The Bertz CT molecular complexity index is 960. The summed E-state index contributed by atoms with van der Waals surface area (Å²) in [6, 6.07) is 9.66. The summed E-state index contributed by atoms with van der Waals surface area (Å²) in [4.78, 5) is 13.7. The average Bonchev–Trinajstić information content (AvgIpc) is 2.59. The van der Waals surface area contributed by atoms with Crippen molar-refractivity contribution in [3.05, 3.63) is 68.7 Å². The zero-order chi connectivity index (χ0) is 18.4. The van der Waals surface area contributed by atoms with Crippen LogP contribution < -0.4 is 4.74 Å². The average molecular weight is 359 g/mol. The van der Waals surface area contributed by atoms with Gasteiger partial charge in [0.2, 0.25) is 5.75 Å². The minimum Gasteiger partial charge on any atom is -0.489 e. The molecular weight excluding hydrogens is 346 g/mol. The van der Waals surface area contributed by atoms with E-state index < -0.39 is 20.6 Å². The number of aromatic nitrogens is 1. The fourth-order valence-corrected chi connectivity index (χ4v) is 3.06. The Morgan fingerprint density at radius 1 is 1.36 bits per heavy atom. The van der Waals surface area contributed by atoms with Crippen LogP contribution in [0.5, 0.6) is 5.75 Å². The zero-order valence-corrected chi connectivity index (χ0v) is 13.9. The molecule has 1 heterocycles. The molecule has 0 atom stereocenters. The van der Waals surface area contributed by atoms with E-state index in [9.17, 15) is 18.5 Å². The lowest BCUT2D eigenvalue weighted by molar-refractivity contribution is -0.390. The number of methoxy groups -OCH3 is 1. The molecule has 9 heteroatoms. The highest BCUT2D eigenvalue weighted by molar-refractivity contribution is 7.93. The fourth-order valence-electron chi connectivity index (χ4n) is 1.98. The van der Waals surface area contributed by atoms with Gasteiger partial charge in [-0.05, 0) is 39.7 Å². The van der Waals surface area contributed by atoms with E-state index in [0.717, 1.165) is 11.6 Å². The summed E-state index contributed by atoms with van der Waals surface area (Å²) in [7, 11) is -2.37. The van der Waals surface area contributed by atoms with E-state index in [1.165, 1.54) is 19.3 Å². The van der Waals surface area contributed by atoms with Crippen LogP contribution in [0.1, 0.15) is 16.7 Å². The van der Waals surface area contributed by atoms with Crippen molar-refractivity contribution in [2.24, 2.45) is 0 Å². The second-order valence-corrected chi connectivity index (χ2v) is 6.86. The summed E-state index contributed by atoms with van der Waals surface area (Å²) in [6.45, 7) is 0. The van der Waals surface area contributed by atoms with Crippen molar-refractivity contribution < 1.29 is 18.1 Å². The fraction of sp³-hybridized carbons (Fsp3) is 0.125. The Morgan fingerprint density at radius 3 is 2.60 bits per heavy atom. The van der Waals surface area contributed by atoms with E-state index in [2.05, 4.69) is 4.98 Å². The molecule has 128 valence electrons. The van der Waals surface area contributed by atoms with Crippen LogP contribution in [0.25, 0.3) is 6.08 Å². The van der Waals surface area contributed by atoms with Gasteiger partial charge in [-0.15, -0.1) is 0 Å². The molecule has 0 unspecified atom stereocenters. The lowest BCUT2D eigenvalue weighted by Gasteiger charge is -2.03. The number of nitro groups is 1. The number of hydrogen-bond donors (Lipinski definition) is 0. The van der Waals surface area contributed by atoms with Crippen molar-refractivity contribution in [1.29, 1.82) is 5.26 Å². The maximum absolute atomic E-state index is 12.2. The smallest absolute Gasteiger partial charge is 0.406 e. The Balaban J connectivity index is 2.19. The molecule has 8 nitrogen and oxygen atoms in total. The van der Waals surface area contributed by atoms with Gasteiger partial charge in [0.15, 0.2) is 9.84 Å². The standard InChI is InChI=1S/C16H13N3O5S/c1-24-15-8-14(10-18-16(15)19(20)21)11-25(22,23)7-6-12-2-4-13(9-17)5-3-12/h2-8,10H,11H2,1H3/b7-6+. The molecule has 2 aromatic rings. The van der Waals surface area contributed by atoms with Crippen molar-refractivity contribution in [3.8, 4) is 11.8 Å². The first-order valence-electron chi connectivity index (χ1n) is 6.93. The van der Waals surface area contributed by atoms with Gasteiger partial charge in [0.1, 0.15) is 6.20 Å². The van der Waals surface area contributed by atoms with Crippen LogP contribution in [0, 0.1) is 21.4 Å². The van der Waals surface area contributed by atoms with Crippen LogP contribution in [0.3, 0.4) is 0 Å². The van der Waals surface area contributed by atoms with Gasteiger partial charge >= 0.3 is 5.82 Å². The van der Waals surface area contributed by atoms with Crippen molar-refractivity contribution in [2.75, 3.05) is 7.11 Å². The summed E-state index contributed by atoms with van der Waals surface area (Å²) in [6.07, 6.45) is 2.54. The molecule has 0 saturated carbocycles. The Hall–Kier alpha value is -3.25. The quantitative estimate of drug-likeness (QED) is 0.573. The molecule has 25 heavy (non-hydrogen) atoms. The zero-order valence-electron chi connectivity index (χ0n) is 13.1. The Kier molecular flexibility index (Phi) is 5.46. The maximum atomic E-state index is 12.2. The molecule has 0 radical (unpaired) electrons. The first-order chi connectivity index (χ1) is 11.8. The number of nitrogens with zero attached hydrogens (tertiary/aromatic N) is 3.